The van der Waals surface area contributed by atoms with E-state index in [-0.39, 0.29) is 5.91 Å². The summed E-state index contributed by atoms with van der Waals surface area (Å²) < 4.78 is 5.94. The molecule has 0 saturated heterocycles. The maximum Gasteiger partial charge on any atom is 0.257 e. The van der Waals surface area contributed by atoms with Crippen LogP contribution >= 0.6 is 12.2 Å². The van der Waals surface area contributed by atoms with Crippen molar-refractivity contribution < 1.29 is 9.21 Å². The summed E-state index contributed by atoms with van der Waals surface area (Å²) >= 11 is 5.30. The second-order valence-corrected chi connectivity index (χ2v) is 9.42. The number of carbonyl (C=O) groups is 1. The van der Waals surface area contributed by atoms with Crippen molar-refractivity contribution >= 4 is 34.3 Å². The van der Waals surface area contributed by atoms with E-state index in [9.17, 15) is 4.79 Å². The molecule has 0 bridgehead atoms. The van der Waals surface area contributed by atoms with Crippen molar-refractivity contribution in [2.75, 3.05) is 0 Å². The third-order valence-electron chi connectivity index (χ3n) is 5.80. The molecule has 174 valence electrons. The van der Waals surface area contributed by atoms with Gasteiger partial charge in [0.2, 0.25) is 5.89 Å². The van der Waals surface area contributed by atoms with Crippen LogP contribution in [0.2, 0.25) is 0 Å². The van der Waals surface area contributed by atoms with Gasteiger partial charge in [0.25, 0.3) is 5.91 Å². The fourth-order valence-corrected chi connectivity index (χ4v) is 3.78. The molecule has 2 N–H and O–H groups in total. The van der Waals surface area contributed by atoms with Crippen LogP contribution in [0.25, 0.3) is 22.6 Å². The average molecular weight is 472 g/mol. The first-order chi connectivity index (χ1) is 16.3. The van der Waals surface area contributed by atoms with E-state index in [2.05, 4.69) is 55.4 Å². The lowest BCUT2D eigenvalue weighted by molar-refractivity contribution is 0.0976. The number of hydrogen-bond acceptors (Lipinski definition) is 4. The zero-order valence-electron chi connectivity index (χ0n) is 19.9. The van der Waals surface area contributed by atoms with E-state index in [1.807, 2.05) is 54.6 Å². The highest BCUT2D eigenvalue weighted by molar-refractivity contribution is 7.80. The molecule has 1 heterocycles. The van der Waals surface area contributed by atoms with Gasteiger partial charge < -0.3 is 9.73 Å². The van der Waals surface area contributed by atoms with E-state index in [0.717, 1.165) is 22.2 Å². The molecule has 0 fully saturated rings. The van der Waals surface area contributed by atoms with Gasteiger partial charge in [-0.15, -0.1) is 0 Å². The molecule has 4 aromatic rings. The fraction of sp³-hybridized carbons (Fsp3) is 0.250. The number of amides is 1. The van der Waals surface area contributed by atoms with Crippen molar-refractivity contribution in [2.45, 2.75) is 46.1 Å². The minimum absolute atomic E-state index is 0.222. The summed E-state index contributed by atoms with van der Waals surface area (Å²) in [6, 6.07) is 21.7. The maximum absolute atomic E-state index is 12.4. The summed E-state index contributed by atoms with van der Waals surface area (Å²) in [6.45, 7) is 9.07. The summed E-state index contributed by atoms with van der Waals surface area (Å²) in [5.41, 5.74) is 6.60. The normalized spacial score (nSPS) is 11.2. The molecule has 1 amide bonds. The van der Waals surface area contributed by atoms with Gasteiger partial charge in [-0.25, -0.2) is 4.98 Å². The number of oxazole rings is 1. The van der Waals surface area contributed by atoms with Gasteiger partial charge in [-0.3, -0.25) is 10.1 Å². The Labute approximate surface area is 205 Å². The minimum atomic E-state index is -0.222. The van der Waals surface area contributed by atoms with Gasteiger partial charge in [0.15, 0.2) is 10.7 Å². The molecule has 0 aliphatic carbocycles. The van der Waals surface area contributed by atoms with Gasteiger partial charge in [-0.2, -0.15) is 0 Å². The van der Waals surface area contributed by atoms with Crippen LogP contribution < -0.4 is 10.6 Å². The number of nitrogens with one attached hydrogen (secondary N) is 2. The number of hydrogen-bond donors (Lipinski definition) is 2. The van der Waals surface area contributed by atoms with Gasteiger partial charge in [-0.05, 0) is 77.1 Å². The summed E-state index contributed by atoms with van der Waals surface area (Å²) in [7, 11) is 0. The molecule has 6 heteroatoms. The monoisotopic (exact) mass is 471 g/mol. The zero-order valence-corrected chi connectivity index (χ0v) is 20.7. The first kappa shape index (κ1) is 23.6. The van der Waals surface area contributed by atoms with Crippen LogP contribution in [0.3, 0.4) is 0 Å². The predicted molar refractivity (Wildman–Crippen MR) is 141 cm³/mol. The van der Waals surface area contributed by atoms with Gasteiger partial charge in [0.05, 0.1) is 0 Å². The predicted octanol–water partition coefficient (Wildman–Crippen LogP) is 6.55. The molecule has 4 rings (SSSR count). The highest BCUT2D eigenvalue weighted by Crippen LogP contribution is 2.27. The largest absolute Gasteiger partial charge is 0.436 e. The van der Waals surface area contributed by atoms with Crippen LogP contribution in [0.5, 0.6) is 0 Å². The number of aromatic nitrogens is 1. The number of benzene rings is 3. The summed E-state index contributed by atoms with van der Waals surface area (Å²) in [6.07, 6.45) is 0. The molecule has 0 saturated carbocycles. The van der Waals surface area contributed by atoms with Gasteiger partial charge in [0, 0.05) is 17.7 Å². The van der Waals surface area contributed by atoms with E-state index in [1.54, 1.807) is 0 Å². The van der Waals surface area contributed by atoms with Crippen molar-refractivity contribution in [1.29, 1.82) is 0 Å². The average Bonchev–Trinajstić information content (AvgIpc) is 3.26. The Morgan fingerprint density at radius 3 is 2.21 bits per heavy atom. The molecule has 0 aliphatic rings. The second-order valence-electron chi connectivity index (χ2n) is 9.01. The molecule has 5 nitrogen and oxygen atoms in total. The highest BCUT2D eigenvalue weighted by Gasteiger charge is 2.11. The van der Waals surface area contributed by atoms with E-state index >= 15 is 0 Å². The molecule has 0 aliphatic heterocycles. The third kappa shape index (κ3) is 5.51. The number of nitrogens with zero attached hydrogens (tertiary/aromatic N) is 1. The first-order valence-electron chi connectivity index (χ1n) is 11.5. The lowest BCUT2D eigenvalue weighted by Crippen LogP contribution is -2.38. The molecule has 3 aromatic carbocycles. The maximum atomic E-state index is 12.4. The standard InChI is InChI=1S/C28H29N3O2S/c1-17(2)20-9-11-21(12-10-20)26(32)31-28(34)29-16-19-5-7-22(8-6-19)27-30-24-15-23(18(3)4)13-14-25(24)33-27/h5-15,17-18H,16H2,1-4H3,(H2,29,31,32,34). The first-order valence-corrected chi connectivity index (χ1v) is 11.9. The topological polar surface area (TPSA) is 67.2 Å². The Hall–Kier alpha value is -3.51. The van der Waals surface area contributed by atoms with E-state index in [1.165, 1.54) is 11.1 Å². The highest BCUT2D eigenvalue weighted by atomic mass is 32.1. The Balaban J connectivity index is 1.34. The van der Waals surface area contributed by atoms with E-state index in [4.69, 9.17) is 16.6 Å². The summed E-state index contributed by atoms with van der Waals surface area (Å²) in [5.74, 6) is 1.24. The molecule has 0 spiro atoms. The molecule has 34 heavy (non-hydrogen) atoms. The van der Waals surface area contributed by atoms with E-state index < -0.39 is 0 Å². The van der Waals surface area contributed by atoms with Crippen molar-refractivity contribution in [3.63, 3.8) is 0 Å². The fourth-order valence-electron chi connectivity index (χ4n) is 3.61. The summed E-state index contributed by atoms with van der Waals surface area (Å²) in [5, 5.41) is 6.12. The molecule has 0 atom stereocenters. The quantitative estimate of drug-likeness (QED) is 0.312. The van der Waals surface area contributed by atoms with Gasteiger partial charge in [0.1, 0.15) is 5.52 Å². The smallest absolute Gasteiger partial charge is 0.257 e. The Bertz CT molecular complexity index is 1310. The Morgan fingerprint density at radius 2 is 1.56 bits per heavy atom. The molecule has 0 unspecified atom stereocenters. The molecular formula is C28H29N3O2S. The van der Waals surface area contributed by atoms with E-state index in [0.29, 0.717) is 34.9 Å². The number of rotatable bonds is 6. The van der Waals surface area contributed by atoms with Crippen LogP contribution in [0.1, 0.15) is 66.6 Å². The SMILES string of the molecule is CC(C)c1ccc(C(=O)NC(=S)NCc2ccc(-c3nc4cc(C(C)C)ccc4o3)cc2)cc1. The summed E-state index contributed by atoms with van der Waals surface area (Å²) in [4.78, 5) is 17.1. The lowest BCUT2D eigenvalue weighted by atomic mass is 10.0. The van der Waals surface area contributed by atoms with Crippen LogP contribution in [-0.2, 0) is 6.54 Å². The zero-order chi connectivity index (χ0) is 24.2. The number of carbonyl (C=O) groups excluding carboxylic acids is 1. The van der Waals surface area contributed by atoms with Crippen LogP contribution in [0.15, 0.2) is 71.1 Å². The van der Waals surface area contributed by atoms with Crippen molar-refractivity contribution in [3.05, 3.63) is 89.0 Å². The van der Waals surface area contributed by atoms with Crippen molar-refractivity contribution in [1.82, 2.24) is 15.6 Å². The van der Waals surface area contributed by atoms with Crippen molar-refractivity contribution in [2.24, 2.45) is 0 Å². The second kappa shape index (κ2) is 10.2. The molecule has 1 aromatic heterocycles. The third-order valence-corrected chi connectivity index (χ3v) is 6.05. The Kier molecular flexibility index (Phi) is 7.08. The number of thiocarbonyl (C=S) groups is 1. The van der Waals surface area contributed by atoms with Gasteiger partial charge in [-0.1, -0.05) is 58.0 Å². The van der Waals surface area contributed by atoms with Crippen LogP contribution in [0, 0.1) is 0 Å². The number of fused-ring (bicyclic) bond motifs is 1. The van der Waals surface area contributed by atoms with Crippen LogP contribution in [-0.4, -0.2) is 16.0 Å². The van der Waals surface area contributed by atoms with Crippen LogP contribution in [0.4, 0.5) is 0 Å². The van der Waals surface area contributed by atoms with Crippen molar-refractivity contribution in [3.8, 4) is 11.5 Å². The van der Waals surface area contributed by atoms with Gasteiger partial charge >= 0.3 is 0 Å². The lowest BCUT2D eigenvalue weighted by Gasteiger charge is -2.11. The molecular weight excluding hydrogens is 442 g/mol. The Morgan fingerprint density at radius 1 is 0.912 bits per heavy atom. The molecule has 0 radical (unpaired) electrons. The minimum Gasteiger partial charge on any atom is -0.436 e.